The van der Waals surface area contributed by atoms with Gasteiger partial charge in [0.25, 0.3) is 0 Å². The minimum Gasteiger partial charge on any atom is -0.308 e. The average Bonchev–Trinajstić information content (AvgIpc) is 3.83. The van der Waals surface area contributed by atoms with Gasteiger partial charge in [-0.3, -0.25) is 9.36 Å². The van der Waals surface area contributed by atoms with Gasteiger partial charge in [-0.15, -0.1) is 10.2 Å². The molecule has 0 aliphatic heterocycles. The summed E-state index contributed by atoms with van der Waals surface area (Å²) in [6.07, 6.45) is 54.4. The van der Waals surface area contributed by atoms with Crippen LogP contribution in [0.15, 0.2) is 49.1 Å². The van der Waals surface area contributed by atoms with Crippen LogP contribution in [0.2, 0.25) is 0 Å². The number of aromatic nitrogens is 6. The Balaban J connectivity index is 1.63. The highest BCUT2D eigenvalue weighted by Gasteiger charge is 2.17. The third-order valence-corrected chi connectivity index (χ3v) is 9.86. The zero-order chi connectivity index (χ0) is 34.7. The van der Waals surface area contributed by atoms with Crippen LogP contribution < -0.4 is 5.32 Å². The third kappa shape index (κ3) is 26.2. The highest BCUT2D eigenvalue weighted by Crippen LogP contribution is 2.15. The maximum absolute atomic E-state index is 4.29. The molecule has 0 amide bonds. The van der Waals surface area contributed by atoms with E-state index >= 15 is 0 Å². The molecule has 0 bridgehead atoms. The van der Waals surface area contributed by atoms with Crippen molar-refractivity contribution < 1.29 is 0 Å². The van der Waals surface area contributed by atoms with Gasteiger partial charge >= 0.3 is 0 Å². The first-order valence-electron chi connectivity index (χ1n) is 21.1. The molecule has 2 unspecified atom stereocenters. The second-order valence-corrected chi connectivity index (χ2v) is 14.6. The van der Waals surface area contributed by atoms with Crippen LogP contribution in [0.25, 0.3) is 0 Å². The first-order valence-corrected chi connectivity index (χ1v) is 21.1. The van der Waals surface area contributed by atoms with Crippen molar-refractivity contribution in [2.24, 2.45) is 0 Å². The standard InChI is InChI=1S/C42H77N7/c1-3-5-7-9-11-13-15-17-19-21-23-25-27-29-31-33-41(39-48-37-35-43-46-48)45-42(40-49-38-36-44-47-49)34-32-30-28-26-24-22-20-18-16-14-12-10-8-6-4-2/h17-20,35-38,41-42,45H,3-16,21-34,39-40H2,1-2H3/b19-17-,20-18-. The number of unbranched alkanes of at least 4 members (excludes halogenated alkanes) is 22. The Hall–Kier alpha value is -2.28. The topological polar surface area (TPSA) is 73.5 Å². The minimum atomic E-state index is 0.378. The molecule has 0 saturated carbocycles. The predicted molar refractivity (Wildman–Crippen MR) is 210 cm³/mol. The van der Waals surface area contributed by atoms with E-state index in [1.165, 1.54) is 167 Å². The lowest BCUT2D eigenvalue weighted by atomic mass is 10.0. The van der Waals surface area contributed by atoms with Crippen molar-refractivity contribution in [3.05, 3.63) is 49.1 Å². The van der Waals surface area contributed by atoms with Gasteiger partial charge in [-0.05, 0) is 64.2 Å². The Morgan fingerprint density at radius 3 is 1.10 bits per heavy atom. The molecular weight excluding hydrogens is 603 g/mol. The summed E-state index contributed by atoms with van der Waals surface area (Å²) in [4.78, 5) is 0. The Morgan fingerprint density at radius 2 is 0.776 bits per heavy atom. The van der Waals surface area contributed by atoms with Gasteiger partial charge in [-0.25, -0.2) is 0 Å². The van der Waals surface area contributed by atoms with Crippen LogP contribution in [-0.4, -0.2) is 42.1 Å². The fourth-order valence-electron chi connectivity index (χ4n) is 6.82. The maximum atomic E-state index is 4.29. The van der Waals surface area contributed by atoms with E-state index in [-0.39, 0.29) is 0 Å². The summed E-state index contributed by atoms with van der Waals surface area (Å²) >= 11 is 0. The lowest BCUT2D eigenvalue weighted by molar-refractivity contribution is 0.303. The summed E-state index contributed by atoms with van der Waals surface area (Å²) < 4.78 is 3.98. The molecule has 7 heteroatoms. The van der Waals surface area contributed by atoms with Gasteiger partial charge < -0.3 is 5.32 Å². The van der Waals surface area contributed by atoms with Crippen molar-refractivity contribution in [3.63, 3.8) is 0 Å². The van der Waals surface area contributed by atoms with Crippen LogP contribution in [0.3, 0.4) is 0 Å². The largest absolute Gasteiger partial charge is 0.308 e. The van der Waals surface area contributed by atoms with Crippen LogP contribution in [0.1, 0.15) is 194 Å². The average molecular weight is 680 g/mol. The second kappa shape index (κ2) is 32.9. The third-order valence-electron chi connectivity index (χ3n) is 9.86. The monoisotopic (exact) mass is 680 g/mol. The number of hydrogen-bond donors (Lipinski definition) is 1. The molecule has 2 rings (SSSR count). The van der Waals surface area contributed by atoms with E-state index < -0.39 is 0 Å². The number of nitrogens with one attached hydrogen (secondary N) is 1. The Bertz CT molecular complexity index is 891. The molecule has 280 valence electrons. The summed E-state index contributed by atoms with van der Waals surface area (Å²) in [7, 11) is 0. The second-order valence-electron chi connectivity index (χ2n) is 14.6. The highest BCUT2D eigenvalue weighted by molar-refractivity contribution is 4.82. The molecule has 0 spiro atoms. The van der Waals surface area contributed by atoms with Gasteiger partial charge in [0.05, 0.1) is 25.5 Å². The maximum Gasteiger partial charge on any atom is 0.0692 e. The lowest BCUT2D eigenvalue weighted by Crippen LogP contribution is -2.43. The highest BCUT2D eigenvalue weighted by atomic mass is 15.4. The molecular formula is C42H77N7. The van der Waals surface area contributed by atoms with Gasteiger partial charge in [-0.1, -0.05) is 164 Å². The summed E-state index contributed by atoms with van der Waals surface area (Å²) in [5.41, 5.74) is 0. The van der Waals surface area contributed by atoms with E-state index in [0.717, 1.165) is 25.9 Å². The molecule has 0 radical (unpaired) electrons. The predicted octanol–water partition coefficient (Wildman–Crippen LogP) is 12.0. The van der Waals surface area contributed by atoms with Gasteiger partial charge in [0.15, 0.2) is 0 Å². The van der Waals surface area contributed by atoms with Crippen LogP contribution >= 0.6 is 0 Å². The molecule has 2 atom stereocenters. The van der Waals surface area contributed by atoms with Crippen molar-refractivity contribution >= 4 is 0 Å². The molecule has 0 saturated heterocycles. The molecule has 2 heterocycles. The quantitative estimate of drug-likeness (QED) is 0.0573. The minimum absolute atomic E-state index is 0.378. The molecule has 0 aliphatic carbocycles. The van der Waals surface area contributed by atoms with Gasteiger partial charge in [0.2, 0.25) is 0 Å². The van der Waals surface area contributed by atoms with E-state index in [9.17, 15) is 0 Å². The summed E-state index contributed by atoms with van der Waals surface area (Å²) in [5, 5.41) is 20.8. The van der Waals surface area contributed by atoms with Crippen molar-refractivity contribution in [1.29, 1.82) is 0 Å². The SMILES string of the molecule is CCCCCCCC/C=C\CCCCCCCC(Cn1ccnn1)NC(CCCCCCC/C=C\CCCCCCCC)Cn1ccnn1. The molecule has 2 aromatic heterocycles. The van der Waals surface area contributed by atoms with E-state index in [1.54, 1.807) is 12.4 Å². The summed E-state index contributed by atoms with van der Waals surface area (Å²) in [6, 6.07) is 0.756. The smallest absolute Gasteiger partial charge is 0.0692 e. The van der Waals surface area contributed by atoms with Crippen molar-refractivity contribution in [2.45, 2.75) is 219 Å². The molecule has 0 aromatic carbocycles. The fraction of sp³-hybridized carbons (Fsp3) is 0.810. The Morgan fingerprint density at radius 1 is 0.449 bits per heavy atom. The zero-order valence-corrected chi connectivity index (χ0v) is 32.2. The molecule has 2 aromatic rings. The molecule has 0 aliphatic rings. The number of rotatable bonds is 36. The first kappa shape index (κ1) is 42.9. The molecule has 0 fully saturated rings. The van der Waals surface area contributed by atoms with Gasteiger partial charge in [-0.2, -0.15) is 0 Å². The van der Waals surface area contributed by atoms with Crippen LogP contribution in [0.5, 0.6) is 0 Å². The van der Waals surface area contributed by atoms with Gasteiger partial charge in [0.1, 0.15) is 0 Å². The van der Waals surface area contributed by atoms with E-state index in [0.29, 0.717) is 12.1 Å². The van der Waals surface area contributed by atoms with Gasteiger partial charge in [0, 0.05) is 24.5 Å². The van der Waals surface area contributed by atoms with Crippen molar-refractivity contribution in [3.8, 4) is 0 Å². The molecule has 7 nitrogen and oxygen atoms in total. The van der Waals surface area contributed by atoms with E-state index in [4.69, 9.17) is 0 Å². The van der Waals surface area contributed by atoms with E-state index in [2.05, 4.69) is 64.1 Å². The zero-order valence-electron chi connectivity index (χ0n) is 32.2. The number of allylic oxidation sites excluding steroid dienone is 4. The molecule has 49 heavy (non-hydrogen) atoms. The number of hydrogen-bond acceptors (Lipinski definition) is 5. The lowest BCUT2D eigenvalue weighted by Gasteiger charge is -2.26. The summed E-state index contributed by atoms with van der Waals surface area (Å²) in [5.74, 6) is 0. The van der Waals surface area contributed by atoms with Crippen LogP contribution in [0, 0.1) is 0 Å². The Kier molecular flexibility index (Phi) is 28.8. The fourth-order valence-corrected chi connectivity index (χ4v) is 6.82. The first-order chi connectivity index (χ1) is 24.3. The van der Waals surface area contributed by atoms with Crippen molar-refractivity contribution in [2.75, 3.05) is 0 Å². The number of nitrogens with zero attached hydrogens (tertiary/aromatic N) is 6. The Labute approximate surface area is 302 Å². The van der Waals surface area contributed by atoms with E-state index in [1.807, 2.05) is 21.8 Å². The molecule has 1 N–H and O–H groups in total. The van der Waals surface area contributed by atoms with Crippen molar-refractivity contribution in [1.82, 2.24) is 35.3 Å². The van der Waals surface area contributed by atoms with Crippen LogP contribution in [-0.2, 0) is 13.1 Å². The summed E-state index contributed by atoms with van der Waals surface area (Å²) in [6.45, 7) is 6.31. The van der Waals surface area contributed by atoms with Crippen LogP contribution in [0.4, 0.5) is 0 Å². The normalized spacial score (nSPS) is 13.3.